The van der Waals surface area contributed by atoms with Gasteiger partial charge in [0.2, 0.25) is 5.91 Å². The van der Waals surface area contributed by atoms with Crippen LogP contribution in [-0.4, -0.2) is 58.2 Å². The van der Waals surface area contributed by atoms with Gasteiger partial charge in [-0.1, -0.05) is 62.9 Å². The van der Waals surface area contributed by atoms with E-state index in [1.807, 2.05) is 18.2 Å². The predicted molar refractivity (Wildman–Crippen MR) is 111 cm³/mol. The highest BCUT2D eigenvalue weighted by Crippen LogP contribution is 2.38. The monoisotopic (exact) mass is 402 g/mol. The third-order valence-electron chi connectivity index (χ3n) is 6.19. The Morgan fingerprint density at radius 2 is 1.79 bits per heavy atom. The average Bonchev–Trinajstić information content (AvgIpc) is 3.09. The average molecular weight is 403 g/mol. The van der Waals surface area contributed by atoms with Crippen LogP contribution in [0.25, 0.3) is 0 Å². The number of hydrogen-bond donors (Lipinski definition) is 1. The SMILES string of the molecule is CCCCCCCC(=O)N1C(C(=O)O)COC12CCN(Cc1ccccc1)CC2. The molecule has 0 radical (unpaired) electrons. The quantitative estimate of drug-likeness (QED) is 0.639. The summed E-state index contributed by atoms with van der Waals surface area (Å²) in [5.74, 6) is -1.03. The number of unbranched alkanes of at least 4 members (excludes halogenated alkanes) is 4. The number of carboxylic acids is 1. The fourth-order valence-corrected chi connectivity index (χ4v) is 4.53. The molecular formula is C23H34N2O4. The van der Waals surface area contributed by atoms with Gasteiger partial charge in [-0.15, -0.1) is 0 Å². The van der Waals surface area contributed by atoms with Gasteiger partial charge in [-0.2, -0.15) is 0 Å². The Balaban J connectivity index is 1.60. The normalized spacial score (nSPS) is 21.6. The highest BCUT2D eigenvalue weighted by Gasteiger charge is 2.53. The number of ether oxygens (including phenoxy) is 1. The number of carboxylic acid groups (broad SMARTS) is 1. The Labute approximate surface area is 173 Å². The zero-order chi connectivity index (χ0) is 20.7. The fraction of sp³-hybridized carbons (Fsp3) is 0.652. The first-order valence-electron chi connectivity index (χ1n) is 11.0. The molecule has 3 rings (SSSR count). The summed E-state index contributed by atoms with van der Waals surface area (Å²) in [5, 5.41) is 9.65. The first-order chi connectivity index (χ1) is 14.1. The van der Waals surface area contributed by atoms with Crippen LogP contribution in [0.2, 0.25) is 0 Å². The van der Waals surface area contributed by atoms with Crippen LogP contribution in [0.15, 0.2) is 30.3 Å². The van der Waals surface area contributed by atoms with Gasteiger partial charge in [0.15, 0.2) is 6.04 Å². The van der Waals surface area contributed by atoms with Gasteiger partial charge in [-0.3, -0.25) is 14.6 Å². The second-order valence-corrected chi connectivity index (χ2v) is 8.30. The van der Waals surface area contributed by atoms with Crippen LogP contribution in [0.4, 0.5) is 0 Å². The minimum absolute atomic E-state index is 0.0668. The Hall–Kier alpha value is -1.92. The number of piperidine rings is 1. The lowest BCUT2D eigenvalue weighted by Gasteiger charge is -2.44. The van der Waals surface area contributed by atoms with Gasteiger partial charge in [-0.05, 0) is 12.0 Å². The van der Waals surface area contributed by atoms with E-state index in [0.717, 1.165) is 45.3 Å². The van der Waals surface area contributed by atoms with Gasteiger partial charge < -0.3 is 9.84 Å². The van der Waals surface area contributed by atoms with Crippen LogP contribution in [0.5, 0.6) is 0 Å². The largest absolute Gasteiger partial charge is 0.480 e. The van der Waals surface area contributed by atoms with Gasteiger partial charge in [0.25, 0.3) is 0 Å². The molecule has 0 bridgehead atoms. The number of carbonyl (C=O) groups is 2. The minimum atomic E-state index is -0.965. The molecule has 1 aromatic rings. The van der Waals surface area contributed by atoms with E-state index in [1.54, 1.807) is 4.90 Å². The Morgan fingerprint density at radius 1 is 1.10 bits per heavy atom. The Morgan fingerprint density at radius 3 is 2.45 bits per heavy atom. The lowest BCUT2D eigenvalue weighted by molar-refractivity contribution is -0.166. The zero-order valence-corrected chi connectivity index (χ0v) is 17.5. The van der Waals surface area contributed by atoms with Crippen LogP contribution in [0.1, 0.15) is 63.9 Å². The molecule has 0 saturated carbocycles. The standard InChI is InChI=1S/C23H34N2O4/c1-2-3-4-5-9-12-21(26)25-20(22(27)28)18-29-23(25)13-15-24(16-14-23)17-19-10-7-6-8-11-19/h6-8,10-11,20H,2-5,9,12-18H2,1H3,(H,27,28). The summed E-state index contributed by atoms with van der Waals surface area (Å²) in [5.41, 5.74) is 0.510. The highest BCUT2D eigenvalue weighted by molar-refractivity contribution is 5.85. The Bertz CT molecular complexity index is 671. The number of benzene rings is 1. The van der Waals surface area contributed by atoms with E-state index in [4.69, 9.17) is 4.74 Å². The van der Waals surface area contributed by atoms with Crippen molar-refractivity contribution in [3.63, 3.8) is 0 Å². The van der Waals surface area contributed by atoms with Gasteiger partial charge >= 0.3 is 5.97 Å². The molecule has 1 amide bonds. The van der Waals surface area contributed by atoms with Crippen LogP contribution >= 0.6 is 0 Å². The van der Waals surface area contributed by atoms with Gasteiger partial charge in [-0.25, -0.2) is 4.79 Å². The maximum atomic E-state index is 13.0. The summed E-state index contributed by atoms with van der Waals surface area (Å²) in [4.78, 5) is 28.7. The minimum Gasteiger partial charge on any atom is -0.480 e. The second-order valence-electron chi connectivity index (χ2n) is 8.30. The number of hydrogen-bond acceptors (Lipinski definition) is 4. The van der Waals surface area contributed by atoms with Crippen LogP contribution in [0, 0.1) is 0 Å². The van der Waals surface area contributed by atoms with Crippen molar-refractivity contribution in [3.05, 3.63) is 35.9 Å². The lowest BCUT2D eigenvalue weighted by Crippen LogP contribution is -2.58. The van der Waals surface area contributed by atoms with Gasteiger partial charge in [0.1, 0.15) is 5.72 Å². The van der Waals surface area contributed by atoms with Crippen molar-refractivity contribution in [2.75, 3.05) is 19.7 Å². The molecule has 2 aliphatic rings. The maximum Gasteiger partial charge on any atom is 0.328 e. The number of nitrogens with zero attached hydrogens (tertiary/aromatic N) is 2. The molecule has 2 fully saturated rings. The molecule has 160 valence electrons. The molecule has 1 spiro atoms. The van der Waals surface area contributed by atoms with E-state index in [2.05, 4.69) is 24.0 Å². The first kappa shape index (κ1) is 21.8. The topological polar surface area (TPSA) is 70.1 Å². The second kappa shape index (κ2) is 10.2. The number of aliphatic carboxylic acids is 1. The molecule has 6 nitrogen and oxygen atoms in total. The van der Waals surface area contributed by atoms with E-state index in [-0.39, 0.29) is 12.5 Å². The molecule has 2 heterocycles. The summed E-state index contributed by atoms with van der Waals surface area (Å²) in [7, 11) is 0. The van der Waals surface area contributed by atoms with Crippen LogP contribution in [-0.2, 0) is 20.9 Å². The van der Waals surface area contributed by atoms with Gasteiger partial charge in [0, 0.05) is 38.9 Å². The number of likely N-dealkylation sites (tertiary alicyclic amines) is 1. The predicted octanol–water partition coefficient (Wildman–Crippen LogP) is 3.65. The molecule has 2 aliphatic heterocycles. The van der Waals surface area contributed by atoms with Crippen molar-refractivity contribution >= 4 is 11.9 Å². The lowest BCUT2D eigenvalue weighted by atomic mass is 9.96. The first-order valence-corrected chi connectivity index (χ1v) is 11.0. The molecule has 29 heavy (non-hydrogen) atoms. The molecule has 1 N–H and O–H groups in total. The Kier molecular flexibility index (Phi) is 7.67. The van der Waals surface area contributed by atoms with Crippen LogP contribution in [0.3, 0.4) is 0 Å². The van der Waals surface area contributed by atoms with Crippen molar-refractivity contribution in [2.45, 2.75) is 76.6 Å². The van der Waals surface area contributed by atoms with E-state index in [0.29, 0.717) is 19.3 Å². The van der Waals surface area contributed by atoms with Crippen molar-refractivity contribution in [2.24, 2.45) is 0 Å². The maximum absolute atomic E-state index is 13.0. The molecule has 6 heteroatoms. The van der Waals surface area contributed by atoms with Crippen molar-refractivity contribution in [3.8, 4) is 0 Å². The molecule has 2 saturated heterocycles. The number of rotatable bonds is 9. The molecule has 0 aromatic heterocycles. The van der Waals surface area contributed by atoms with Crippen molar-refractivity contribution in [1.82, 2.24) is 9.80 Å². The zero-order valence-electron chi connectivity index (χ0n) is 17.5. The summed E-state index contributed by atoms with van der Waals surface area (Å²) in [6.45, 7) is 4.71. The van der Waals surface area contributed by atoms with E-state index >= 15 is 0 Å². The number of carbonyl (C=O) groups excluding carboxylic acids is 1. The fourth-order valence-electron chi connectivity index (χ4n) is 4.53. The molecule has 1 atom stereocenters. The summed E-state index contributed by atoms with van der Waals surface area (Å²) < 4.78 is 6.03. The summed E-state index contributed by atoms with van der Waals surface area (Å²) in [6, 6.07) is 9.47. The van der Waals surface area contributed by atoms with E-state index < -0.39 is 17.7 Å². The third-order valence-corrected chi connectivity index (χ3v) is 6.19. The van der Waals surface area contributed by atoms with Crippen LogP contribution < -0.4 is 0 Å². The van der Waals surface area contributed by atoms with Crippen molar-refractivity contribution < 1.29 is 19.4 Å². The number of amides is 1. The van der Waals surface area contributed by atoms with Crippen molar-refractivity contribution in [1.29, 1.82) is 0 Å². The highest BCUT2D eigenvalue weighted by atomic mass is 16.5. The van der Waals surface area contributed by atoms with E-state index in [9.17, 15) is 14.7 Å². The molecule has 1 unspecified atom stereocenters. The van der Waals surface area contributed by atoms with E-state index in [1.165, 1.54) is 12.0 Å². The third kappa shape index (κ3) is 5.37. The summed E-state index contributed by atoms with van der Waals surface area (Å²) in [6.07, 6.45) is 7.03. The smallest absolute Gasteiger partial charge is 0.328 e. The summed E-state index contributed by atoms with van der Waals surface area (Å²) >= 11 is 0. The molecule has 1 aromatic carbocycles. The molecular weight excluding hydrogens is 368 g/mol. The molecule has 0 aliphatic carbocycles. The van der Waals surface area contributed by atoms with Gasteiger partial charge in [0.05, 0.1) is 6.61 Å².